The fourth-order valence-corrected chi connectivity index (χ4v) is 24.6. The average molecular weight is 711 g/mol. The molecule has 0 spiro atoms. The van der Waals surface area contributed by atoms with Crippen molar-refractivity contribution in [2.75, 3.05) is 9.80 Å². The van der Waals surface area contributed by atoms with Crippen LogP contribution in [0.2, 0.25) is 0 Å². The molecule has 5 saturated carbocycles. The normalized spacial score (nSPS) is 54.6. The molecule has 6 aliphatic heterocycles. The minimum atomic E-state index is -0.284. The standard InChI is InChI=1S/C42H52N2O4P2/c1-3-11-23(12-4-1)43-25-15-7-19-29-37(25)49-38-26(43)16-8-20-30(38)46-34-36-42-35(33(45-29)41(34)49)47-31-21-9-17-27-39(31)50(42)40-28(18-10-22-32(40)48-36)44(27)24-13-5-2-6-14-24/h1-6,11-14,25-42H,7-10,15-22H2. The van der Waals surface area contributed by atoms with E-state index in [0.29, 0.717) is 82.5 Å². The summed E-state index contributed by atoms with van der Waals surface area (Å²) in [7, 11) is -0.569. The molecule has 0 amide bonds. The van der Waals surface area contributed by atoms with Gasteiger partial charge in [0, 0.05) is 69.5 Å². The van der Waals surface area contributed by atoms with Crippen LogP contribution in [0.4, 0.5) is 11.4 Å². The van der Waals surface area contributed by atoms with Gasteiger partial charge in [-0.3, -0.25) is 0 Å². The molecule has 6 nitrogen and oxygen atoms in total. The van der Waals surface area contributed by atoms with Crippen LogP contribution < -0.4 is 9.80 Å². The number of hydrogen-bond acceptors (Lipinski definition) is 6. The number of ether oxygens (including phenoxy) is 4. The number of nitrogens with zero attached hydrogens (tertiary/aromatic N) is 2. The monoisotopic (exact) mass is 710 g/mol. The van der Waals surface area contributed by atoms with Gasteiger partial charge in [0.25, 0.3) is 0 Å². The van der Waals surface area contributed by atoms with Gasteiger partial charge in [-0.25, -0.2) is 0 Å². The van der Waals surface area contributed by atoms with E-state index in [2.05, 4.69) is 70.5 Å². The smallest absolute Gasteiger partial charge is 0.0941 e. The predicted octanol–water partition coefficient (Wildman–Crippen LogP) is 7.50. The van der Waals surface area contributed by atoms with Gasteiger partial charge in [-0.1, -0.05) is 52.2 Å². The topological polar surface area (TPSA) is 43.4 Å². The molecule has 11 aliphatic rings. The van der Waals surface area contributed by atoms with Crippen LogP contribution in [-0.4, -0.2) is 107 Å². The van der Waals surface area contributed by atoms with E-state index in [1.165, 1.54) is 88.4 Å². The van der Waals surface area contributed by atoms with Gasteiger partial charge in [0.1, 0.15) is 0 Å². The number of benzene rings is 2. The summed E-state index contributed by atoms with van der Waals surface area (Å²) < 4.78 is 30.8. The van der Waals surface area contributed by atoms with Gasteiger partial charge in [-0.2, -0.15) is 0 Å². The largest absolute Gasteiger partial charge is 0.371 e. The van der Waals surface area contributed by atoms with Crippen LogP contribution >= 0.6 is 15.8 Å². The molecular formula is C42H52N2O4P2. The molecule has 5 aliphatic carbocycles. The molecule has 11 fully saturated rings. The Morgan fingerprint density at radius 1 is 0.380 bits per heavy atom. The summed E-state index contributed by atoms with van der Waals surface area (Å²) in [5.74, 6) is 0. The zero-order valence-corrected chi connectivity index (χ0v) is 30.9. The Bertz CT molecular complexity index is 1440. The minimum absolute atomic E-state index is 0.192. The van der Waals surface area contributed by atoms with Gasteiger partial charge < -0.3 is 28.7 Å². The molecule has 6 heterocycles. The molecule has 50 heavy (non-hydrogen) atoms. The maximum Gasteiger partial charge on any atom is 0.0941 e. The summed E-state index contributed by atoms with van der Waals surface area (Å²) in [6.45, 7) is 0. The third kappa shape index (κ3) is 3.88. The highest BCUT2D eigenvalue weighted by Gasteiger charge is 2.75. The zero-order chi connectivity index (χ0) is 32.2. The van der Waals surface area contributed by atoms with Crippen molar-refractivity contribution in [1.29, 1.82) is 0 Å². The average Bonchev–Trinajstić information content (AvgIpc) is 3.17. The lowest BCUT2D eigenvalue weighted by molar-refractivity contribution is -0.238. The fraction of sp³-hybridized carbons (Fsp3) is 0.714. The number of fused-ring (bicyclic) bond motifs is 2. The van der Waals surface area contributed by atoms with Gasteiger partial charge >= 0.3 is 0 Å². The Balaban J connectivity index is 0.942. The van der Waals surface area contributed by atoms with E-state index in [-0.39, 0.29) is 40.3 Å². The Labute approximate surface area is 299 Å². The first kappa shape index (κ1) is 30.1. The Morgan fingerprint density at radius 2 is 0.680 bits per heavy atom. The molecule has 0 bridgehead atoms. The first-order chi connectivity index (χ1) is 24.8. The molecular weight excluding hydrogens is 658 g/mol. The maximum atomic E-state index is 7.70. The highest BCUT2D eigenvalue weighted by atomic mass is 31.1. The summed E-state index contributed by atoms with van der Waals surface area (Å²) in [5, 5.41) is 0. The molecule has 16 unspecified atom stereocenters. The highest BCUT2D eigenvalue weighted by Crippen LogP contribution is 2.77. The van der Waals surface area contributed by atoms with Crippen molar-refractivity contribution in [2.45, 2.75) is 184 Å². The van der Waals surface area contributed by atoms with Crippen LogP contribution in [0.3, 0.4) is 0 Å². The molecule has 0 radical (unpaired) electrons. The Hall–Kier alpha value is -1.26. The van der Waals surface area contributed by atoms with E-state index in [0.717, 1.165) is 0 Å². The van der Waals surface area contributed by atoms with E-state index in [4.69, 9.17) is 18.9 Å². The second kappa shape index (κ2) is 11.1. The molecule has 2 aromatic carbocycles. The Morgan fingerprint density at radius 3 is 0.980 bits per heavy atom. The van der Waals surface area contributed by atoms with Crippen molar-refractivity contribution >= 4 is 27.2 Å². The van der Waals surface area contributed by atoms with E-state index >= 15 is 0 Å². The molecule has 16 atom stereocenters. The fourth-order valence-electron chi connectivity index (χ4n) is 14.8. The van der Waals surface area contributed by atoms with Crippen molar-refractivity contribution in [3.8, 4) is 0 Å². The number of anilines is 2. The summed E-state index contributed by atoms with van der Waals surface area (Å²) >= 11 is 0. The highest BCUT2D eigenvalue weighted by molar-refractivity contribution is 7.61. The zero-order valence-electron chi connectivity index (χ0n) is 29.1. The molecule has 13 rings (SSSR count). The van der Waals surface area contributed by atoms with E-state index in [9.17, 15) is 0 Å². The summed E-state index contributed by atoms with van der Waals surface area (Å²) in [6.07, 6.45) is 17.6. The van der Waals surface area contributed by atoms with Crippen LogP contribution in [0.15, 0.2) is 60.7 Å². The second-order valence-electron chi connectivity index (χ2n) is 17.9. The molecule has 2 aromatic rings. The SMILES string of the molecule is c1ccc(N2C3CCCC4OC5C6OC7CCCC8C7P7C6C(OC6CCCC(C67)N8c6ccccc6)C6OC7CCCC2C7P(C56)C43)cc1. The van der Waals surface area contributed by atoms with Crippen molar-refractivity contribution in [2.24, 2.45) is 0 Å². The quantitative estimate of drug-likeness (QED) is 0.301. The van der Waals surface area contributed by atoms with Crippen molar-refractivity contribution in [3.63, 3.8) is 0 Å². The number of hydrogen-bond donors (Lipinski definition) is 0. The first-order valence-electron chi connectivity index (χ1n) is 20.7. The van der Waals surface area contributed by atoms with E-state index in [1.54, 1.807) is 0 Å². The first-order valence-corrected chi connectivity index (χ1v) is 23.8. The lowest BCUT2D eigenvalue weighted by Gasteiger charge is -2.75. The van der Waals surface area contributed by atoms with Crippen LogP contribution in [0.1, 0.15) is 77.0 Å². The lowest BCUT2D eigenvalue weighted by Crippen LogP contribution is -2.81. The van der Waals surface area contributed by atoms with Crippen LogP contribution in [0.25, 0.3) is 0 Å². The second-order valence-corrected chi connectivity index (χ2v) is 23.2. The van der Waals surface area contributed by atoms with E-state index in [1.807, 2.05) is 0 Å². The summed E-state index contributed by atoms with van der Waals surface area (Å²) in [5.41, 5.74) is 6.41. The molecule has 8 heteroatoms. The molecule has 6 saturated heterocycles. The van der Waals surface area contributed by atoms with Gasteiger partial charge in [0.15, 0.2) is 0 Å². The van der Waals surface area contributed by atoms with Gasteiger partial charge in [0.05, 0.1) is 48.8 Å². The minimum Gasteiger partial charge on any atom is -0.371 e. The van der Waals surface area contributed by atoms with Crippen LogP contribution in [0.5, 0.6) is 0 Å². The van der Waals surface area contributed by atoms with Crippen molar-refractivity contribution in [1.82, 2.24) is 0 Å². The summed E-state index contributed by atoms with van der Waals surface area (Å²) in [6, 6.07) is 25.4. The third-order valence-corrected chi connectivity index (χ3v) is 24.0. The van der Waals surface area contributed by atoms with Crippen molar-refractivity contribution in [3.05, 3.63) is 60.7 Å². The predicted molar refractivity (Wildman–Crippen MR) is 200 cm³/mol. The van der Waals surface area contributed by atoms with Gasteiger partial charge in [0.2, 0.25) is 0 Å². The Kier molecular flexibility index (Phi) is 6.71. The number of rotatable bonds is 2. The lowest BCUT2D eigenvalue weighted by atomic mass is 9.79. The van der Waals surface area contributed by atoms with Crippen LogP contribution in [-0.2, 0) is 18.9 Å². The molecule has 0 aromatic heterocycles. The number of para-hydroxylation sites is 2. The van der Waals surface area contributed by atoms with Gasteiger partial charge in [-0.05, 0) is 101 Å². The summed E-state index contributed by atoms with van der Waals surface area (Å²) in [4.78, 5) is 5.87. The van der Waals surface area contributed by atoms with Gasteiger partial charge in [-0.15, -0.1) is 0 Å². The van der Waals surface area contributed by atoms with Crippen LogP contribution in [0, 0.1) is 0 Å². The molecule has 264 valence electrons. The third-order valence-electron chi connectivity index (χ3n) is 16.0. The van der Waals surface area contributed by atoms with Crippen molar-refractivity contribution < 1.29 is 18.9 Å². The maximum absolute atomic E-state index is 7.70. The van der Waals surface area contributed by atoms with E-state index < -0.39 is 0 Å². The molecule has 0 N–H and O–H groups in total.